The molecule has 0 rings (SSSR count). The molecular formula is C5H14N2O2. The van der Waals surface area contributed by atoms with E-state index in [2.05, 4.69) is 0 Å². The molecule has 0 unspecified atom stereocenters. The van der Waals surface area contributed by atoms with Gasteiger partial charge >= 0.3 is 0 Å². The Morgan fingerprint density at radius 2 is 1.78 bits per heavy atom. The summed E-state index contributed by atoms with van der Waals surface area (Å²) in [6.45, 7) is 3.37. The number of likely N-dealkylation sites (N-methyl/N-ethyl adjacent to an activating group) is 2. The average molecular weight is 134 g/mol. The van der Waals surface area contributed by atoms with Gasteiger partial charge in [0.2, 0.25) is 0 Å². The standard InChI is InChI=1S/C5H14N2O2/c1-3-7(9)5-4-6(2)8/h8-9H,3-5H2,1-2H3. The molecule has 0 atom stereocenters. The third-order valence-corrected chi connectivity index (χ3v) is 1.05. The molecule has 4 nitrogen and oxygen atoms in total. The van der Waals surface area contributed by atoms with Gasteiger partial charge in [-0.15, -0.1) is 0 Å². The van der Waals surface area contributed by atoms with E-state index in [1.165, 1.54) is 0 Å². The summed E-state index contributed by atoms with van der Waals surface area (Å²) in [6, 6.07) is 0. The molecule has 4 heteroatoms. The van der Waals surface area contributed by atoms with Gasteiger partial charge in [-0.25, -0.2) is 0 Å². The Morgan fingerprint density at radius 1 is 1.22 bits per heavy atom. The molecule has 0 aliphatic heterocycles. The van der Waals surface area contributed by atoms with Gasteiger partial charge in [-0.2, -0.15) is 10.1 Å². The first-order chi connectivity index (χ1) is 4.16. The highest BCUT2D eigenvalue weighted by Crippen LogP contribution is 1.80. The van der Waals surface area contributed by atoms with Crippen molar-refractivity contribution in [2.45, 2.75) is 6.92 Å². The lowest BCUT2D eigenvalue weighted by Crippen LogP contribution is -2.29. The number of rotatable bonds is 4. The molecule has 0 saturated heterocycles. The zero-order valence-corrected chi connectivity index (χ0v) is 5.91. The summed E-state index contributed by atoms with van der Waals surface area (Å²) in [5, 5.41) is 19.6. The van der Waals surface area contributed by atoms with Gasteiger partial charge in [0.15, 0.2) is 0 Å². The first kappa shape index (κ1) is 8.84. The Labute approximate surface area is 55.2 Å². The van der Waals surface area contributed by atoms with Crippen molar-refractivity contribution in [3.05, 3.63) is 0 Å². The number of hydroxylamine groups is 4. The Balaban J connectivity index is 3.06. The Hall–Kier alpha value is -0.160. The summed E-state index contributed by atoms with van der Waals surface area (Å²) in [5.41, 5.74) is 0. The van der Waals surface area contributed by atoms with Crippen molar-refractivity contribution in [3.8, 4) is 0 Å². The van der Waals surface area contributed by atoms with Gasteiger partial charge in [0.1, 0.15) is 0 Å². The van der Waals surface area contributed by atoms with E-state index in [4.69, 9.17) is 10.4 Å². The smallest absolute Gasteiger partial charge is 0.0388 e. The summed E-state index contributed by atoms with van der Waals surface area (Å²) < 4.78 is 0. The van der Waals surface area contributed by atoms with Crippen molar-refractivity contribution in [1.82, 2.24) is 10.1 Å². The second kappa shape index (κ2) is 4.69. The molecule has 0 amide bonds. The summed E-state index contributed by atoms with van der Waals surface area (Å²) in [7, 11) is 1.55. The van der Waals surface area contributed by atoms with Crippen LogP contribution in [0.15, 0.2) is 0 Å². The molecule has 0 radical (unpaired) electrons. The molecule has 0 aliphatic rings. The van der Waals surface area contributed by atoms with Crippen LogP contribution in [-0.2, 0) is 0 Å². The van der Waals surface area contributed by atoms with Crippen LogP contribution in [0.4, 0.5) is 0 Å². The fraction of sp³-hybridized carbons (Fsp3) is 1.00. The van der Waals surface area contributed by atoms with Crippen LogP contribution < -0.4 is 0 Å². The summed E-state index contributed by atoms with van der Waals surface area (Å²) in [4.78, 5) is 0. The second-order valence-corrected chi connectivity index (χ2v) is 1.93. The van der Waals surface area contributed by atoms with Crippen LogP contribution in [0, 0.1) is 0 Å². The van der Waals surface area contributed by atoms with Crippen LogP contribution in [-0.4, -0.2) is 47.2 Å². The van der Waals surface area contributed by atoms with Gasteiger partial charge in [-0.3, -0.25) is 0 Å². The van der Waals surface area contributed by atoms with E-state index < -0.39 is 0 Å². The molecule has 9 heavy (non-hydrogen) atoms. The number of hydrogen-bond donors (Lipinski definition) is 2. The van der Waals surface area contributed by atoms with Gasteiger partial charge in [0, 0.05) is 26.7 Å². The zero-order chi connectivity index (χ0) is 7.28. The van der Waals surface area contributed by atoms with E-state index in [9.17, 15) is 0 Å². The maximum Gasteiger partial charge on any atom is 0.0388 e. The molecule has 0 heterocycles. The van der Waals surface area contributed by atoms with E-state index in [1.807, 2.05) is 6.92 Å². The largest absolute Gasteiger partial charge is 0.314 e. The average Bonchev–Trinajstić information content (AvgIpc) is 1.83. The Bertz CT molecular complexity index is 68.0. The van der Waals surface area contributed by atoms with Crippen molar-refractivity contribution in [2.24, 2.45) is 0 Å². The minimum Gasteiger partial charge on any atom is -0.314 e. The molecule has 0 fully saturated rings. The number of nitrogens with zero attached hydrogens (tertiary/aromatic N) is 2. The Kier molecular flexibility index (Phi) is 4.61. The van der Waals surface area contributed by atoms with E-state index in [-0.39, 0.29) is 0 Å². The minimum absolute atomic E-state index is 0.463. The molecule has 0 aromatic carbocycles. The van der Waals surface area contributed by atoms with Crippen LogP contribution in [0.1, 0.15) is 6.92 Å². The number of hydrogen-bond acceptors (Lipinski definition) is 4. The maximum absolute atomic E-state index is 8.80. The highest BCUT2D eigenvalue weighted by molar-refractivity contribution is 4.41. The summed E-state index contributed by atoms with van der Waals surface area (Å²) in [6.07, 6.45) is 0. The lowest BCUT2D eigenvalue weighted by molar-refractivity contribution is -0.124. The Morgan fingerprint density at radius 3 is 2.11 bits per heavy atom. The highest BCUT2D eigenvalue weighted by atomic mass is 16.5. The highest BCUT2D eigenvalue weighted by Gasteiger charge is 1.96. The monoisotopic (exact) mass is 134 g/mol. The van der Waals surface area contributed by atoms with E-state index in [0.717, 1.165) is 10.1 Å². The molecule has 56 valence electrons. The molecule has 0 aromatic heterocycles. The van der Waals surface area contributed by atoms with Crippen LogP contribution in [0.2, 0.25) is 0 Å². The third-order valence-electron chi connectivity index (χ3n) is 1.05. The quantitative estimate of drug-likeness (QED) is 0.532. The van der Waals surface area contributed by atoms with E-state index >= 15 is 0 Å². The van der Waals surface area contributed by atoms with Gasteiger partial charge in [-0.1, -0.05) is 6.92 Å². The first-order valence-corrected chi connectivity index (χ1v) is 3.00. The molecule has 0 bridgehead atoms. The first-order valence-electron chi connectivity index (χ1n) is 3.00. The van der Waals surface area contributed by atoms with E-state index in [0.29, 0.717) is 19.6 Å². The zero-order valence-electron chi connectivity index (χ0n) is 5.91. The van der Waals surface area contributed by atoms with Crippen LogP contribution in [0.25, 0.3) is 0 Å². The lowest BCUT2D eigenvalue weighted by Gasteiger charge is -2.13. The van der Waals surface area contributed by atoms with Crippen LogP contribution in [0.5, 0.6) is 0 Å². The predicted molar refractivity (Wildman–Crippen MR) is 33.4 cm³/mol. The molecule has 0 saturated carbocycles. The SMILES string of the molecule is CCN(O)CCN(C)O. The van der Waals surface area contributed by atoms with Crippen molar-refractivity contribution in [1.29, 1.82) is 0 Å². The minimum atomic E-state index is 0.463. The molecular weight excluding hydrogens is 120 g/mol. The second-order valence-electron chi connectivity index (χ2n) is 1.93. The summed E-state index contributed by atoms with van der Waals surface area (Å²) in [5.74, 6) is 0. The van der Waals surface area contributed by atoms with Crippen molar-refractivity contribution >= 4 is 0 Å². The van der Waals surface area contributed by atoms with Crippen molar-refractivity contribution < 1.29 is 10.4 Å². The normalized spacial score (nSPS) is 11.3. The third kappa shape index (κ3) is 5.72. The van der Waals surface area contributed by atoms with E-state index in [1.54, 1.807) is 7.05 Å². The van der Waals surface area contributed by atoms with Crippen LogP contribution in [0.3, 0.4) is 0 Å². The van der Waals surface area contributed by atoms with Gasteiger partial charge in [0.25, 0.3) is 0 Å². The van der Waals surface area contributed by atoms with Crippen LogP contribution >= 0.6 is 0 Å². The molecule has 0 spiro atoms. The lowest BCUT2D eigenvalue weighted by atomic mass is 10.6. The predicted octanol–water partition coefficient (Wildman–Crippen LogP) is 0.0185. The fourth-order valence-corrected chi connectivity index (χ4v) is 0.418. The topological polar surface area (TPSA) is 46.9 Å². The molecule has 0 aliphatic carbocycles. The van der Waals surface area contributed by atoms with Gasteiger partial charge < -0.3 is 10.4 Å². The van der Waals surface area contributed by atoms with Crippen molar-refractivity contribution in [3.63, 3.8) is 0 Å². The summed E-state index contributed by atoms with van der Waals surface area (Å²) >= 11 is 0. The molecule has 2 N–H and O–H groups in total. The molecule has 0 aromatic rings. The maximum atomic E-state index is 8.80. The van der Waals surface area contributed by atoms with Gasteiger partial charge in [-0.05, 0) is 0 Å². The fourth-order valence-electron chi connectivity index (χ4n) is 0.418. The van der Waals surface area contributed by atoms with Crippen molar-refractivity contribution in [2.75, 3.05) is 26.7 Å². The van der Waals surface area contributed by atoms with Gasteiger partial charge in [0.05, 0.1) is 0 Å².